The largest absolute Gasteiger partial charge is 0.455 e. The molecule has 0 aliphatic heterocycles. The summed E-state index contributed by atoms with van der Waals surface area (Å²) < 4.78 is 12.9. The molecule has 3 heterocycles. The molecule has 0 unspecified atom stereocenters. The van der Waals surface area contributed by atoms with Gasteiger partial charge in [0.05, 0.1) is 10.9 Å². The molecule has 0 atom stereocenters. The summed E-state index contributed by atoms with van der Waals surface area (Å²) in [6, 6.07) is 48.4. The topological polar surface area (TPSA) is 77.8 Å². The van der Waals surface area contributed by atoms with Crippen LogP contribution in [0.5, 0.6) is 0 Å². The summed E-state index contributed by atoms with van der Waals surface area (Å²) in [6.07, 6.45) is 0. The molecule has 0 aliphatic carbocycles. The molecule has 0 fully saturated rings. The number of hydrogen-bond donors (Lipinski definition) is 0. The minimum atomic E-state index is 0.525. The van der Waals surface area contributed by atoms with Gasteiger partial charge >= 0.3 is 0 Å². The third kappa shape index (κ3) is 4.43. The van der Waals surface area contributed by atoms with Crippen LogP contribution in [0.3, 0.4) is 0 Å². The second-order valence-corrected chi connectivity index (χ2v) is 11.1. The van der Waals surface area contributed by atoms with Crippen molar-refractivity contribution in [3.05, 3.63) is 146 Å². The van der Waals surface area contributed by atoms with Crippen LogP contribution in [0.2, 0.25) is 0 Å². The first kappa shape index (κ1) is 26.0. The first-order valence-electron chi connectivity index (χ1n) is 15.1. The number of fused-ring (bicyclic) bond motifs is 5. The van der Waals surface area contributed by atoms with Crippen molar-refractivity contribution in [2.24, 2.45) is 0 Å². The highest BCUT2D eigenvalue weighted by atomic mass is 16.4. The molecular weight excluding hydrogens is 568 g/mol. The Labute approximate surface area is 263 Å². The van der Waals surface area contributed by atoms with Gasteiger partial charge in [-0.15, -0.1) is 0 Å². The fraction of sp³-hybridized carbons (Fsp3) is 0. The number of furan rings is 1. The highest BCUT2D eigenvalue weighted by Gasteiger charge is 2.21. The molecule has 0 aliphatic rings. The van der Waals surface area contributed by atoms with Crippen LogP contribution in [0.15, 0.2) is 154 Å². The van der Waals surface area contributed by atoms with Gasteiger partial charge in [0.25, 0.3) is 0 Å². The molecule has 9 rings (SSSR count). The normalized spacial score (nSPS) is 11.5. The lowest BCUT2D eigenvalue weighted by molar-refractivity contribution is 0.622. The molecule has 0 bridgehead atoms. The fourth-order valence-electron chi connectivity index (χ4n) is 5.96. The second-order valence-electron chi connectivity index (χ2n) is 11.1. The number of hydrogen-bond acceptors (Lipinski definition) is 6. The average molecular weight is 593 g/mol. The monoisotopic (exact) mass is 592 g/mol. The molecule has 46 heavy (non-hydrogen) atoms. The van der Waals surface area contributed by atoms with Crippen molar-refractivity contribution in [3.8, 4) is 56.7 Å². The lowest BCUT2D eigenvalue weighted by atomic mass is 10.0. The molecule has 0 saturated carbocycles. The Hall–Kier alpha value is -6.40. The maximum atomic E-state index is 6.54. The number of aromatic nitrogens is 4. The van der Waals surface area contributed by atoms with Crippen molar-refractivity contribution >= 4 is 33.0 Å². The summed E-state index contributed by atoms with van der Waals surface area (Å²) in [7, 11) is 0. The van der Waals surface area contributed by atoms with Gasteiger partial charge in [0.1, 0.15) is 16.7 Å². The maximum absolute atomic E-state index is 6.54. The second kappa shape index (κ2) is 10.6. The van der Waals surface area contributed by atoms with Gasteiger partial charge < -0.3 is 8.83 Å². The molecular formula is C40H24N4O2. The Bertz CT molecular complexity index is 2520. The highest BCUT2D eigenvalue weighted by Crippen LogP contribution is 2.40. The first-order valence-corrected chi connectivity index (χ1v) is 15.1. The lowest BCUT2D eigenvalue weighted by Crippen LogP contribution is -2.00. The molecule has 0 N–H and O–H groups in total. The van der Waals surface area contributed by atoms with Crippen LogP contribution in [0.1, 0.15) is 0 Å². The van der Waals surface area contributed by atoms with E-state index in [4.69, 9.17) is 28.8 Å². The number of benzene rings is 6. The Morgan fingerprint density at radius 3 is 1.76 bits per heavy atom. The number of oxazole rings is 1. The Kier molecular flexibility index (Phi) is 6.03. The van der Waals surface area contributed by atoms with Crippen molar-refractivity contribution in [1.29, 1.82) is 0 Å². The van der Waals surface area contributed by atoms with Crippen LogP contribution < -0.4 is 0 Å². The first-order chi connectivity index (χ1) is 22.8. The van der Waals surface area contributed by atoms with Crippen molar-refractivity contribution in [1.82, 2.24) is 19.9 Å². The van der Waals surface area contributed by atoms with Crippen LogP contribution in [-0.2, 0) is 0 Å². The van der Waals surface area contributed by atoms with Gasteiger partial charge in [0.2, 0.25) is 5.89 Å². The van der Waals surface area contributed by atoms with Gasteiger partial charge in [-0.3, -0.25) is 0 Å². The summed E-state index contributed by atoms with van der Waals surface area (Å²) in [5.74, 6) is 2.27. The van der Waals surface area contributed by atoms with Crippen LogP contribution in [0, 0.1) is 0 Å². The van der Waals surface area contributed by atoms with Crippen LogP contribution >= 0.6 is 0 Å². The number of rotatable bonds is 5. The van der Waals surface area contributed by atoms with E-state index in [9.17, 15) is 0 Å². The van der Waals surface area contributed by atoms with Crippen LogP contribution in [0.4, 0.5) is 0 Å². The molecule has 6 aromatic carbocycles. The average Bonchev–Trinajstić information content (AvgIpc) is 3.74. The van der Waals surface area contributed by atoms with Gasteiger partial charge in [0, 0.05) is 22.1 Å². The molecule has 0 radical (unpaired) electrons. The van der Waals surface area contributed by atoms with Crippen LogP contribution in [0.25, 0.3) is 89.8 Å². The fourth-order valence-corrected chi connectivity index (χ4v) is 5.96. The van der Waals surface area contributed by atoms with E-state index in [2.05, 4.69) is 24.3 Å². The van der Waals surface area contributed by atoms with Gasteiger partial charge in [-0.25, -0.2) is 19.9 Å². The van der Waals surface area contributed by atoms with E-state index in [0.717, 1.165) is 49.7 Å². The molecule has 6 nitrogen and oxygen atoms in total. The lowest BCUT2D eigenvalue weighted by Gasteiger charge is -2.10. The predicted octanol–water partition coefficient (Wildman–Crippen LogP) is 10.2. The summed E-state index contributed by atoms with van der Waals surface area (Å²) in [4.78, 5) is 19.8. The van der Waals surface area contributed by atoms with Crippen molar-refractivity contribution in [2.75, 3.05) is 0 Å². The van der Waals surface area contributed by atoms with E-state index >= 15 is 0 Å². The zero-order valence-corrected chi connectivity index (χ0v) is 24.5. The zero-order valence-electron chi connectivity index (χ0n) is 24.5. The molecule has 6 heteroatoms. The molecule has 0 amide bonds. The molecule has 216 valence electrons. The van der Waals surface area contributed by atoms with E-state index in [1.54, 1.807) is 0 Å². The Morgan fingerprint density at radius 2 is 1.00 bits per heavy atom. The van der Waals surface area contributed by atoms with E-state index in [1.807, 2.05) is 121 Å². The zero-order chi connectivity index (χ0) is 30.5. The molecule has 0 spiro atoms. The Balaban J connectivity index is 1.25. The highest BCUT2D eigenvalue weighted by molar-refractivity contribution is 6.18. The van der Waals surface area contributed by atoms with E-state index in [-0.39, 0.29) is 0 Å². The smallest absolute Gasteiger partial charge is 0.227 e. The third-order valence-corrected chi connectivity index (χ3v) is 8.17. The van der Waals surface area contributed by atoms with Crippen LogP contribution in [-0.4, -0.2) is 19.9 Å². The summed E-state index contributed by atoms with van der Waals surface area (Å²) in [5, 5.41) is 1.78. The van der Waals surface area contributed by atoms with Crippen molar-refractivity contribution in [2.45, 2.75) is 0 Å². The van der Waals surface area contributed by atoms with Gasteiger partial charge in [0.15, 0.2) is 23.1 Å². The van der Waals surface area contributed by atoms with Gasteiger partial charge in [-0.05, 0) is 47.5 Å². The third-order valence-electron chi connectivity index (χ3n) is 8.17. The summed E-state index contributed by atoms with van der Waals surface area (Å²) >= 11 is 0. The van der Waals surface area contributed by atoms with E-state index in [0.29, 0.717) is 40.1 Å². The minimum absolute atomic E-state index is 0.525. The SMILES string of the molecule is c1ccc(-c2cccc(-c3nc(-c4ccccc4)nc(-c4cccc5c4oc4ccc6nc(-c7ccccc7)oc6c45)n3)c2)cc1. The summed E-state index contributed by atoms with van der Waals surface area (Å²) in [6.45, 7) is 0. The molecule has 3 aromatic heterocycles. The quantitative estimate of drug-likeness (QED) is 0.198. The summed E-state index contributed by atoms with van der Waals surface area (Å²) in [5.41, 5.74) is 8.55. The van der Waals surface area contributed by atoms with Gasteiger partial charge in [-0.1, -0.05) is 109 Å². The molecule has 0 saturated heterocycles. The Morgan fingerprint density at radius 1 is 0.391 bits per heavy atom. The van der Waals surface area contributed by atoms with E-state index in [1.165, 1.54) is 0 Å². The maximum Gasteiger partial charge on any atom is 0.227 e. The number of nitrogens with zero attached hydrogens (tertiary/aromatic N) is 4. The predicted molar refractivity (Wildman–Crippen MR) is 182 cm³/mol. The van der Waals surface area contributed by atoms with E-state index < -0.39 is 0 Å². The minimum Gasteiger partial charge on any atom is -0.455 e. The van der Waals surface area contributed by atoms with Gasteiger partial charge in [-0.2, -0.15) is 0 Å². The standard InChI is InChI=1S/C40H24N4O2/c1-4-12-25(13-5-1)28-18-10-19-29(24-28)38-42-37(26-14-6-2-7-15-26)43-39(44-38)31-21-11-20-30-34-33(45-35(30)31)23-22-32-36(34)46-40(41-32)27-16-8-3-9-17-27/h1-24H. The molecule has 9 aromatic rings. The van der Waals surface area contributed by atoms with Crippen molar-refractivity contribution < 1.29 is 8.83 Å². The number of para-hydroxylation sites is 1. The van der Waals surface area contributed by atoms with Crippen molar-refractivity contribution in [3.63, 3.8) is 0 Å².